The van der Waals surface area contributed by atoms with Gasteiger partial charge >= 0.3 is 5.97 Å². The van der Waals surface area contributed by atoms with Gasteiger partial charge in [0.15, 0.2) is 5.69 Å². The first-order valence-electron chi connectivity index (χ1n) is 7.51. The maximum absolute atomic E-state index is 12.5. The summed E-state index contributed by atoms with van der Waals surface area (Å²) in [5.41, 5.74) is -0.156. The van der Waals surface area contributed by atoms with Gasteiger partial charge in [0.25, 0.3) is 11.6 Å². The number of hydrogen-bond acceptors (Lipinski definition) is 5. The van der Waals surface area contributed by atoms with Crippen LogP contribution in [0, 0.1) is 10.1 Å². The van der Waals surface area contributed by atoms with E-state index in [0.29, 0.717) is 10.6 Å². The highest BCUT2D eigenvalue weighted by Gasteiger charge is 2.23. The zero-order valence-electron chi connectivity index (χ0n) is 13.5. The molecular weight excluding hydrogens is 376 g/mol. The predicted molar refractivity (Wildman–Crippen MR) is 97.0 cm³/mol. The van der Waals surface area contributed by atoms with E-state index in [0.717, 1.165) is 6.07 Å². The van der Waals surface area contributed by atoms with Gasteiger partial charge < -0.3 is 10.4 Å². The number of amides is 1. The van der Waals surface area contributed by atoms with E-state index < -0.39 is 16.8 Å². The molecule has 0 spiro atoms. The lowest BCUT2D eigenvalue weighted by Gasteiger charge is -2.08. The smallest absolute Gasteiger partial charge is 0.356 e. The fourth-order valence-electron chi connectivity index (χ4n) is 2.41. The maximum Gasteiger partial charge on any atom is 0.356 e. The van der Waals surface area contributed by atoms with Crippen molar-refractivity contribution in [2.75, 3.05) is 5.32 Å². The normalized spacial score (nSPS) is 10.4. The number of rotatable bonds is 5. The molecule has 3 N–H and O–H groups in total. The summed E-state index contributed by atoms with van der Waals surface area (Å²) in [6, 6.07) is 11.6. The molecule has 0 bridgehead atoms. The molecule has 0 aliphatic heterocycles. The van der Waals surface area contributed by atoms with Crippen LogP contribution in [0.2, 0.25) is 5.02 Å². The number of aromatic amines is 1. The van der Waals surface area contributed by atoms with Crippen LogP contribution in [0.3, 0.4) is 0 Å². The van der Waals surface area contributed by atoms with Crippen molar-refractivity contribution in [3.05, 3.63) is 74.9 Å². The van der Waals surface area contributed by atoms with Gasteiger partial charge in [-0.05, 0) is 12.1 Å². The van der Waals surface area contributed by atoms with E-state index >= 15 is 0 Å². The number of carbonyl (C=O) groups excluding carboxylic acids is 1. The molecule has 1 heterocycles. The highest BCUT2D eigenvalue weighted by Crippen LogP contribution is 2.34. The number of nitro benzene ring substituents is 1. The number of H-pyrrole nitrogens is 1. The highest BCUT2D eigenvalue weighted by atomic mass is 35.5. The number of halogens is 1. The topological polar surface area (TPSA) is 138 Å². The first-order valence-corrected chi connectivity index (χ1v) is 7.88. The molecule has 10 heteroatoms. The summed E-state index contributed by atoms with van der Waals surface area (Å²) >= 11 is 6.14. The lowest BCUT2D eigenvalue weighted by molar-refractivity contribution is -0.384. The van der Waals surface area contributed by atoms with Crippen LogP contribution in [0.5, 0.6) is 0 Å². The van der Waals surface area contributed by atoms with Crippen LogP contribution < -0.4 is 5.32 Å². The van der Waals surface area contributed by atoms with Crippen molar-refractivity contribution in [3.8, 4) is 11.3 Å². The number of benzene rings is 2. The van der Waals surface area contributed by atoms with E-state index in [9.17, 15) is 24.8 Å². The number of hydrogen-bond donors (Lipinski definition) is 3. The van der Waals surface area contributed by atoms with Crippen molar-refractivity contribution in [2.24, 2.45) is 0 Å². The number of carbonyl (C=O) groups is 2. The van der Waals surface area contributed by atoms with Crippen LogP contribution in [0.25, 0.3) is 11.3 Å². The Morgan fingerprint density at radius 1 is 1.19 bits per heavy atom. The van der Waals surface area contributed by atoms with Gasteiger partial charge in [0, 0.05) is 23.3 Å². The lowest BCUT2D eigenvalue weighted by Crippen LogP contribution is -2.15. The summed E-state index contributed by atoms with van der Waals surface area (Å²) < 4.78 is 0. The Morgan fingerprint density at radius 2 is 1.93 bits per heavy atom. The van der Waals surface area contributed by atoms with Crippen molar-refractivity contribution in [2.45, 2.75) is 0 Å². The molecule has 1 amide bonds. The van der Waals surface area contributed by atoms with Gasteiger partial charge in [0.1, 0.15) is 11.4 Å². The highest BCUT2D eigenvalue weighted by molar-refractivity contribution is 6.33. The van der Waals surface area contributed by atoms with Crippen molar-refractivity contribution in [3.63, 3.8) is 0 Å². The molecule has 3 aromatic rings. The van der Waals surface area contributed by atoms with Gasteiger partial charge in [0.2, 0.25) is 0 Å². The maximum atomic E-state index is 12.5. The molecule has 136 valence electrons. The van der Waals surface area contributed by atoms with Crippen molar-refractivity contribution in [1.29, 1.82) is 0 Å². The van der Waals surface area contributed by atoms with Crippen molar-refractivity contribution < 1.29 is 19.6 Å². The second-order valence-electron chi connectivity index (χ2n) is 5.37. The van der Waals surface area contributed by atoms with Gasteiger partial charge in [0.05, 0.1) is 9.95 Å². The first-order chi connectivity index (χ1) is 12.9. The molecule has 27 heavy (non-hydrogen) atoms. The number of non-ortho nitro benzene ring substituents is 1. The molecule has 0 saturated heterocycles. The summed E-state index contributed by atoms with van der Waals surface area (Å²) in [6.07, 6.45) is 0. The minimum absolute atomic E-state index is 0.00755. The number of carboxylic acid groups (broad SMARTS) is 1. The molecule has 0 atom stereocenters. The van der Waals surface area contributed by atoms with E-state index in [-0.39, 0.29) is 28.3 Å². The molecule has 0 unspecified atom stereocenters. The Hall–Kier alpha value is -3.72. The number of nitro groups is 1. The van der Waals surface area contributed by atoms with Crippen LogP contribution >= 0.6 is 11.6 Å². The second-order valence-corrected chi connectivity index (χ2v) is 5.78. The van der Waals surface area contributed by atoms with Gasteiger partial charge in [-0.1, -0.05) is 35.9 Å². The van der Waals surface area contributed by atoms with Crippen molar-refractivity contribution in [1.82, 2.24) is 10.2 Å². The Morgan fingerprint density at radius 3 is 2.59 bits per heavy atom. The van der Waals surface area contributed by atoms with Gasteiger partial charge in [-0.15, -0.1) is 0 Å². The third-order valence-corrected chi connectivity index (χ3v) is 4.00. The first kappa shape index (κ1) is 18.1. The third-order valence-electron chi connectivity index (χ3n) is 3.67. The Balaban J connectivity index is 2.03. The number of carboxylic acids is 1. The molecule has 0 fully saturated rings. The molecular formula is C17H11ClN4O5. The van der Waals surface area contributed by atoms with Gasteiger partial charge in [-0.2, -0.15) is 5.10 Å². The largest absolute Gasteiger partial charge is 0.476 e. The molecule has 0 aliphatic rings. The molecule has 9 nitrogen and oxygen atoms in total. The Kier molecular flexibility index (Phi) is 4.86. The van der Waals surface area contributed by atoms with Crippen molar-refractivity contribution >= 4 is 34.9 Å². The molecule has 2 aromatic carbocycles. The minimum Gasteiger partial charge on any atom is -0.476 e. The Labute approximate surface area is 156 Å². The molecule has 0 aliphatic carbocycles. The summed E-state index contributed by atoms with van der Waals surface area (Å²) in [5.74, 6) is -2.06. The van der Waals surface area contributed by atoms with Gasteiger partial charge in [-0.3, -0.25) is 20.0 Å². The quantitative estimate of drug-likeness (QED) is 0.452. The number of anilines is 1. The molecule has 0 radical (unpaired) electrons. The fraction of sp³-hybridized carbons (Fsp3) is 0. The van der Waals surface area contributed by atoms with E-state index in [1.54, 1.807) is 24.3 Å². The van der Waals surface area contributed by atoms with Crippen LogP contribution in [-0.4, -0.2) is 32.1 Å². The van der Waals surface area contributed by atoms with Crippen LogP contribution in [0.1, 0.15) is 20.8 Å². The van der Waals surface area contributed by atoms with E-state index in [1.807, 2.05) is 0 Å². The van der Waals surface area contributed by atoms with E-state index in [2.05, 4.69) is 15.5 Å². The number of aromatic nitrogens is 2. The molecule has 3 rings (SSSR count). The number of nitrogens with zero attached hydrogens (tertiary/aromatic N) is 2. The summed E-state index contributed by atoms with van der Waals surface area (Å²) in [7, 11) is 0. The number of nitrogens with one attached hydrogen (secondary N) is 2. The standard InChI is InChI=1S/C17H11ClN4O5/c18-12-7-2-1-6-11(12)13-14(15(17(24)25)21-20-13)19-16(23)9-4-3-5-10(8-9)22(26)27/h1-8H,(H,19,23)(H,20,21)(H,24,25). The summed E-state index contributed by atoms with van der Waals surface area (Å²) in [5, 5.41) is 29.3. The summed E-state index contributed by atoms with van der Waals surface area (Å²) in [6.45, 7) is 0. The minimum atomic E-state index is -1.34. The second kappa shape index (κ2) is 7.26. The predicted octanol–water partition coefficient (Wildman–Crippen LogP) is 3.59. The number of aromatic carboxylic acids is 1. The fourth-order valence-corrected chi connectivity index (χ4v) is 2.64. The van der Waals surface area contributed by atoms with E-state index in [1.165, 1.54) is 18.2 Å². The third kappa shape index (κ3) is 3.62. The Bertz CT molecular complexity index is 1060. The molecule has 1 aromatic heterocycles. The molecule has 0 saturated carbocycles. The zero-order valence-corrected chi connectivity index (χ0v) is 14.2. The average molecular weight is 387 g/mol. The van der Waals surface area contributed by atoms with E-state index in [4.69, 9.17) is 11.6 Å². The van der Waals surface area contributed by atoms with Crippen LogP contribution in [0.15, 0.2) is 48.5 Å². The lowest BCUT2D eigenvalue weighted by atomic mass is 10.1. The SMILES string of the molecule is O=C(Nc1c(-c2ccccc2Cl)n[nH]c1C(=O)O)c1cccc([N+](=O)[O-])c1. The zero-order chi connectivity index (χ0) is 19.6. The summed E-state index contributed by atoms with van der Waals surface area (Å²) in [4.78, 5) is 34.2. The monoisotopic (exact) mass is 386 g/mol. The van der Waals surface area contributed by atoms with Gasteiger partial charge in [-0.25, -0.2) is 4.79 Å². The average Bonchev–Trinajstić information content (AvgIpc) is 3.05. The van der Waals surface area contributed by atoms with Crippen LogP contribution in [0.4, 0.5) is 11.4 Å². The van der Waals surface area contributed by atoms with Crippen LogP contribution in [-0.2, 0) is 0 Å².